The molecule has 3 heteroatoms. The Kier molecular flexibility index (Phi) is 2.81. The van der Waals surface area contributed by atoms with E-state index in [1.165, 1.54) is 6.20 Å². The van der Waals surface area contributed by atoms with Crippen LogP contribution in [0.15, 0.2) is 18.3 Å². The average molecular weight is 204 g/mol. The van der Waals surface area contributed by atoms with Crippen LogP contribution in [0.1, 0.15) is 5.56 Å². The Morgan fingerprint density at radius 3 is 3.00 bits per heavy atom. The Balaban J connectivity index is 2.81. The van der Waals surface area contributed by atoms with E-state index in [0.29, 0.717) is 12.0 Å². The molecule has 0 aliphatic carbocycles. The topological polar surface area (TPSA) is 12.9 Å². The van der Waals surface area contributed by atoms with Crippen molar-refractivity contribution in [2.24, 2.45) is 0 Å². The molecule has 1 aromatic rings. The van der Waals surface area contributed by atoms with E-state index >= 15 is 0 Å². The van der Waals surface area contributed by atoms with Gasteiger partial charge in [0.05, 0.1) is 0 Å². The largest absolute Gasteiger partial charge is 0.228 e. The highest BCUT2D eigenvalue weighted by molar-refractivity contribution is 9.09. The summed E-state index contributed by atoms with van der Waals surface area (Å²) in [6.07, 6.45) is 2.15. The lowest BCUT2D eigenvalue weighted by molar-refractivity contribution is 0.569. The fourth-order valence-corrected chi connectivity index (χ4v) is 1.13. The third-order valence-corrected chi connectivity index (χ3v) is 1.60. The maximum atomic E-state index is 12.6. The predicted molar refractivity (Wildman–Crippen MR) is 41.7 cm³/mol. The van der Waals surface area contributed by atoms with Crippen LogP contribution in [-0.4, -0.2) is 10.3 Å². The second kappa shape index (κ2) is 3.66. The number of hydrogen-bond acceptors (Lipinski definition) is 1. The van der Waals surface area contributed by atoms with Gasteiger partial charge in [-0.25, -0.2) is 4.98 Å². The zero-order valence-corrected chi connectivity index (χ0v) is 6.94. The van der Waals surface area contributed by atoms with Crippen molar-refractivity contribution in [2.45, 2.75) is 6.42 Å². The fraction of sp³-hybridized carbons (Fsp3) is 0.286. The van der Waals surface area contributed by atoms with E-state index < -0.39 is 0 Å². The molecule has 0 aliphatic rings. The number of nitrogens with zero attached hydrogens (tertiary/aromatic N) is 1. The molecule has 0 unspecified atom stereocenters. The standard InChI is InChI=1S/C7H7BrFN/c8-4-3-6-2-1-5-10-7(6)9/h1-2,5H,3-4H2. The molecule has 1 rings (SSSR count). The molecule has 1 nitrogen and oxygen atoms in total. The smallest absolute Gasteiger partial charge is 0.216 e. The lowest BCUT2D eigenvalue weighted by Crippen LogP contribution is -1.92. The molecule has 0 bridgehead atoms. The molecular formula is C7H7BrFN. The minimum atomic E-state index is -0.359. The summed E-state index contributed by atoms with van der Waals surface area (Å²) >= 11 is 3.23. The highest BCUT2D eigenvalue weighted by Crippen LogP contribution is 2.04. The molecule has 10 heavy (non-hydrogen) atoms. The first-order valence-corrected chi connectivity index (χ1v) is 4.12. The lowest BCUT2D eigenvalue weighted by atomic mass is 10.2. The molecule has 0 aromatic carbocycles. The van der Waals surface area contributed by atoms with Gasteiger partial charge in [-0.15, -0.1) is 0 Å². The molecule has 0 fully saturated rings. The summed E-state index contributed by atoms with van der Waals surface area (Å²) in [5.41, 5.74) is 0.666. The molecule has 0 radical (unpaired) electrons. The van der Waals surface area contributed by atoms with Crippen LogP contribution in [-0.2, 0) is 6.42 Å². The minimum absolute atomic E-state index is 0.359. The van der Waals surface area contributed by atoms with Gasteiger partial charge in [0.25, 0.3) is 0 Å². The van der Waals surface area contributed by atoms with Gasteiger partial charge < -0.3 is 0 Å². The Labute approximate surface area is 67.4 Å². The molecule has 0 amide bonds. The van der Waals surface area contributed by atoms with Crippen molar-refractivity contribution < 1.29 is 4.39 Å². The molecule has 0 spiro atoms. The Hall–Kier alpha value is -0.440. The van der Waals surface area contributed by atoms with Crippen molar-refractivity contribution in [1.29, 1.82) is 0 Å². The molecule has 1 heterocycles. The molecular weight excluding hydrogens is 197 g/mol. The van der Waals surface area contributed by atoms with Crippen LogP contribution in [0.2, 0.25) is 0 Å². The number of hydrogen-bond donors (Lipinski definition) is 0. The van der Waals surface area contributed by atoms with Gasteiger partial charge in [-0.2, -0.15) is 4.39 Å². The van der Waals surface area contributed by atoms with Crippen LogP contribution in [0.5, 0.6) is 0 Å². The Morgan fingerprint density at radius 1 is 1.60 bits per heavy atom. The SMILES string of the molecule is Fc1ncccc1CCBr. The van der Waals surface area contributed by atoms with E-state index in [9.17, 15) is 4.39 Å². The van der Waals surface area contributed by atoms with Gasteiger partial charge in [-0.3, -0.25) is 0 Å². The van der Waals surface area contributed by atoms with Crippen molar-refractivity contribution in [3.63, 3.8) is 0 Å². The summed E-state index contributed by atoms with van der Waals surface area (Å²) in [6, 6.07) is 3.48. The van der Waals surface area contributed by atoms with Crippen molar-refractivity contribution >= 4 is 15.9 Å². The molecule has 0 atom stereocenters. The number of alkyl halides is 1. The van der Waals surface area contributed by atoms with E-state index in [2.05, 4.69) is 20.9 Å². The van der Waals surface area contributed by atoms with E-state index in [4.69, 9.17) is 0 Å². The molecule has 0 aliphatic heterocycles. The van der Waals surface area contributed by atoms with Crippen molar-refractivity contribution in [3.8, 4) is 0 Å². The molecule has 0 N–H and O–H groups in total. The van der Waals surface area contributed by atoms with Crippen LogP contribution >= 0.6 is 15.9 Å². The molecule has 54 valence electrons. The van der Waals surface area contributed by atoms with Gasteiger partial charge in [0, 0.05) is 17.1 Å². The molecule has 1 aromatic heterocycles. The summed E-state index contributed by atoms with van der Waals surface area (Å²) in [4.78, 5) is 3.51. The van der Waals surface area contributed by atoms with E-state index in [-0.39, 0.29) is 5.95 Å². The van der Waals surface area contributed by atoms with Gasteiger partial charge in [0.2, 0.25) is 5.95 Å². The van der Waals surface area contributed by atoms with E-state index in [1.807, 2.05) is 0 Å². The number of aromatic nitrogens is 1. The van der Waals surface area contributed by atoms with Gasteiger partial charge in [-0.1, -0.05) is 22.0 Å². The van der Waals surface area contributed by atoms with E-state index in [0.717, 1.165) is 5.33 Å². The van der Waals surface area contributed by atoms with Crippen LogP contribution in [0.25, 0.3) is 0 Å². The summed E-state index contributed by atoms with van der Waals surface area (Å²) < 4.78 is 12.6. The first-order valence-electron chi connectivity index (χ1n) is 3.00. The predicted octanol–water partition coefficient (Wildman–Crippen LogP) is 2.16. The Bertz CT molecular complexity index is 215. The molecule has 0 saturated carbocycles. The average Bonchev–Trinajstić information content (AvgIpc) is 1.94. The first-order chi connectivity index (χ1) is 4.84. The monoisotopic (exact) mass is 203 g/mol. The van der Waals surface area contributed by atoms with Gasteiger partial charge >= 0.3 is 0 Å². The number of halogens is 2. The van der Waals surface area contributed by atoms with Gasteiger partial charge in [0.1, 0.15) is 0 Å². The fourth-order valence-electron chi connectivity index (χ4n) is 0.708. The zero-order valence-electron chi connectivity index (χ0n) is 5.35. The quantitative estimate of drug-likeness (QED) is 0.531. The van der Waals surface area contributed by atoms with Crippen molar-refractivity contribution in [3.05, 3.63) is 29.8 Å². The second-order valence-corrected chi connectivity index (χ2v) is 2.69. The van der Waals surface area contributed by atoms with Gasteiger partial charge in [0.15, 0.2) is 0 Å². The minimum Gasteiger partial charge on any atom is -0.228 e. The first kappa shape index (κ1) is 7.66. The normalized spacial score (nSPS) is 9.80. The van der Waals surface area contributed by atoms with Crippen molar-refractivity contribution in [2.75, 3.05) is 5.33 Å². The Morgan fingerprint density at radius 2 is 2.40 bits per heavy atom. The third-order valence-electron chi connectivity index (χ3n) is 1.20. The van der Waals surface area contributed by atoms with Gasteiger partial charge in [-0.05, 0) is 12.5 Å². The summed E-state index contributed by atoms with van der Waals surface area (Å²) in [5, 5.41) is 0.773. The summed E-state index contributed by atoms with van der Waals surface area (Å²) in [5.74, 6) is -0.359. The van der Waals surface area contributed by atoms with Crippen molar-refractivity contribution in [1.82, 2.24) is 4.98 Å². The third kappa shape index (κ3) is 1.77. The number of aryl methyl sites for hydroxylation is 1. The second-order valence-electron chi connectivity index (χ2n) is 1.89. The molecule has 0 saturated heterocycles. The summed E-state index contributed by atoms with van der Waals surface area (Å²) in [7, 11) is 0. The highest BCUT2D eigenvalue weighted by atomic mass is 79.9. The maximum Gasteiger partial charge on any atom is 0.216 e. The zero-order chi connectivity index (χ0) is 7.40. The van der Waals surface area contributed by atoms with E-state index in [1.54, 1.807) is 12.1 Å². The number of rotatable bonds is 2. The maximum absolute atomic E-state index is 12.6. The number of pyridine rings is 1. The van der Waals surface area contributed by atoms with Crippen LogP contribution in [0, 0.1) is 5.95 Å². The van der Waals surface area contributed by atoms with Crippen LogP contribution in [0.4, 0.5) is 4.39 Å². The summed E-state index contributed by atoms with van der Waals surface area (Å²) in [6.45, 7) is 0. The highest BCUT2D eigenvalue weighted by Gasteiger charge is 1.98. The van der Waals surface area contributed by atoms with Crippen LogP contribution in [0.3, 0.4) is 0 Å². The lowest BCUT2D eigenvalue weighted by Gasteiger charge is -1.96. The van der Waals surface area contributed by atoms with Crippen LogP contribution < -0.4 is 0 Å².